The highest BCUT2D eigenvalue weighted by Crippen LogP contribution is 2.41. The van der Waals surface area contributed by atoms with Gasteiger partial charge in [0.15, 0.2) is 6.10 Å². The van der Waals surface area contributed by atoms with E-state index in [1.54, 1.807) is 0 Å². The summed E-state index contributed by atoms with van der Waals surface area (Å²) in [5.74, 6) is -0.772. The average molecular weight is 702 g/mol. The molecule has 0 saturated carbocycles. The molecule has 0 aliphatic rings. The van der Waals surface area contributed by atoms with Crippen molar-refractivity contribution in [3.05, 3.63) is 12.2 Å². The Kier molecular flexibility index (Phi) is 34.7. The molecule has 2 atom stereocenters. The number of nitrogens with two attached hydrogens (primary N) is 1. The van der Waals surface area contributed by atoms with Crippen molar-refractivity contribution in [2.24, 2.45) is 5.73 Å². The molecule has 0 heterocycles. The summed E-state index contributed by atoms with van der Waals surface area (Å²) in [6.45, 7) is 3.98. The minimum Gasteiger partial charge on any atom is -0.462 e. The van der Waals surface area contributed by atoms with Gasteiger partial charge in [-0.25, -0.2) is 0 Å². The maximum absolute atomic E-state index is 12.5. The standard InChI is InChI=1S/C39H76NO7P/c1-3-5-7-9-11-13-15-17-18-20-22-24-26-28-30-32-39(42)47-37(36-46-48(43,44)34-33-40)35-45-38(41)31-29-27-25-23-21-19-16-14-12-10-8-6-4-2/h17-18,37H,3-16,19-36,40H2,1-2H3,(H,43,44)/b18-17-/t37-/m1/s1. The molecule has 1 unspecified atom stereocenters. The van der Waals surface area contributed by atoms with Crippen LogP contribution in [0, 0.1) is 0 Å². The zero-order chi connectivity index (χ0) is 35.4. The van der Waals surface area contributed by atoms with Crippen LogP contribution >= 0.6 is 7.60 Å². The molecule has 0 spiro atoms. The zero-order valence-electron chi connectivity index (χ0n) is 31.3. The summed E-state index contributed by atoms with van der Waals surface area (Å²) in [6, 6.07) is 0. The van der Waals surface area contributed by atoms with E-state index in [0.717, 1.165) is 51.4 Å². The molecule has 0 saturated heterocycles. The van der Waals surface area contributed by atoms with E-state index < -0.39 is 19.7 Å². The van der Waals surface area contributed by atoms with Gasteiger partial charge in [0, 0.05) is 19.4 Å². The van der Waals surface area contributed by atoms with Crippen LogP contribution in [0.4, 0.5) is 0 Å². The molecular formula is C39H76NO7P. The molecule has 0 aliphatic heterocycles. The Morgan fingerprint density at radius 1 is 0.604 bits per heavy atom. The second kappa shape index (κ2) is 35.6. The molecule has 0 bridgehead atoms. The van der Waals surface area contributed by atoms with Gasteiger partial charge in [0.2, 0.25) is 0 Å². The van der Waals surface area contributed by atoms with E-state index in [2.05, 4.69) is 26.0 Å². The first-order valence-electron chi connectivity index (χ1n) is 20.0. The van der Waals surface area contributed by atoms with E-state index in [4.69, 9.17) is 19.7 Å². The maximum atomic E-state index is 12.5. The van der Waals surface area contributed by atoms with Crippen LogP contribution in [0.15, 0.2) is 12.2 Å². The Labute approximate surface area is 295 Å². The summed E-state index contributed by atoms with van der Waals surface area (Å²) < 4.78 is 28.1. The van der Waals surface area contributed by atoms with Gasteiger partial charge in [-0.05, 0) is 38.5 Å². The number of hydrogen-bond donors (Lipinski definition) is 2. The van der Waals surface area contributed by atoms with Gasteiger partial charge in [-0.15, -0.1) is 0 Å². The smallest absolute Gasteiger partial charge is 0.329 e. The van der Waals surface area contributed by atoms with Crippen molar-refractivity contribution < 1.29 is 33.0 Å². The van der Waals surface area contributed by atoms with Gasteiger partial charge in [-0.2, -0.15) is 0 Å². The molecular weight excluding hydrogens is 625 g/mol. The first-order valence-corrected chi connectivity index (χ1v) is 21.8. The number of unbranched alkanes of at least 4 members (excludes halogenated alkanes) is 23. The van der Waals surface area contributed by atoms with Crippen LogP contribution in [0.25, 0.3) is 0 Å². The fourth-order valence-corrected chi connectivity index (χ4v) is 6.53. The van der Waals surface area contributed by atoms with Gasteiger partial charge in [-0.1, -0.05) is 154 Å². The van der Waals surface area contributed by atoms with E-state index in [-0.39, 0.29) is 38.3 Å². The monoisotopic (exact) mass is 702 g/mol. The van der Waals surface area contributed by atoms with Crippen molar-refractivity contribution in [1.29, 1.82) is 0 Å². The third-order valence-corrected chi connectivity index (χ3v) is 10.1. The highest BCUT2D eigenvalue weighted by molar-refractivity contribution is 7.52. The number of hydrogen-bond acceptors (Lipinski definition) is 7. The van der Waals surface area contributed by atoms with Gasteiger partial charge in [0.25, 0.3) is 0 Å². The van der Waals surface area contributed by atoms with E-state index in [0.29, 0.717) is 12.8 Å². The number of ether oxygens (including phenoxy) is 2. The molecule has 48 heavy (non-hydrogen) atoms. The third kappa shape index (κ3) is 34.6. The van der Waals surface area contributed by atoms with Crippen molar-refractivity contribution in [2.75, 3.05) is 25.9 Å². The molecule has 0 rings (SSSR count). The molecule has 0 radical (unpaired) electrons. The molecule has 0 fully saturated rings. The second-order valence-corrected chi connectivity index (χ2v) is 15.5. The largest absolute Gasteiger partial charge is 0.462 e. The fraction of sp³-hybridized carbons (Fsp3) is 0.897. The molecule has 0 amide bonds. The van der Waals surface area contributed by atoms with Crippen molar-refractivity contribution in [2.45, 2.75) is 200 Å². The van der Waals surface area contributed by atoms with Gasteiger partial charge in [-0.3, -0.25) is 14.2 Å². The van der Waals surface area contributed by atoms with Crippen molar-refractivity contribution in [3.8, 4) is 0 Å². The maximum Gasteiger partial charge on any atom is 0.329 e. The molecule has 284 valence electrons. The quantitative estimate of drug-likeness (QED) is 0.0284. The van der Waals surface area contributed by atoms with E-state index >= 15 is 0 Å². The number of carbonyl (C=O) groups excluding carboxylic acids is 2. The number of esters is 2. The molecule has 3 N–H and O–H groups in total. The summed E-state index contributed by atoms with van der Waals surface area (Å²) in [5, 5.41) is 0. The van der Waals surface area contributed by atoms with Gasteiger partial charge < -0.3 is 24.6 Å². The Bertz CT molecular complexity index is 807. The average Bonchev–Trinajstić information content (AvgIpc) is 3.06. The first-order chi connectivity index (χ1) is 23.3. The van der Waals surface area contributed by atoms with Crippen LogP contribution in [0.2, 0.25) is 0 Å². The lowest BCUT2D eigenvalue weighted by molar-refractivity contribution is -0.161. The third-order valence-electron chi connectivity index (χ3n) is 8.73. The highest BCUT2D eigenvalue weighted by atomic mass is 31.2. The van der Waals surface area contributed by atoms with Crippen LogP contribution in [-0.4, -0.2) is 48.9 Å². The lowest BCUT2D eigenvalue weighted by Crippen LogP contribution is -2.29. The van der Waals surface area contributed by atoms with E-state index in [1.165, 1.54) is 109 Å². The molecule has 9 heteroatoms. The minimum absolute atomic E-state index is 0.00181. The van der Waals surface area contributed by atoms with Gasteiger partial charge >= 0.3 is 19.5 Å². The van der Waals surface area contributed by atoms with Crippen LogP contribution in [0.1, 0.15) is 194 Å². The predicted octanol–water partition coefficient (Wildman–Crippen LogP) is 11.1. The summed E-state index contributed by atoms with van der Waals surface area (Å²) in [4.78, 5) is 34.8. The Morgan fingerprint density at radius 2 is 1.00 bits per heavy atom. The molecule has 0 aromatic carbocycles. The zero-order valence-corrected chi connectivity index (χ0v) is 32.2. The van der Waals surface area contributed by atoms with Crippen molar-refractivity contribution in [3.63, 3.8) is 0 Å². The summed E-state index contributed by atoms with van der Waals surface area (Å²) in [6.07, 6.45) is 35.4. The normalized spacial score (nSPS) is 13.5. The van der Waals surface area contributed by atoms with Gasteiger partial charge in [0.1, 0.15) is 6.61 Å². The molecule has 0 aromatic rings. The Hall–Kier alpha value is -1.21. The number of rotatable bonds is 37. The molecule has 8 nitrogen and oxygen atoms in total. The van der Waals surface area contributed by atoms with Crippen LogP contribution in [0.5, 0.6) is 0 Å². The Balaban J connectivity index is 4.12. The second-order valence-electron chi connectivity index (χ2n) is 13.6. The van der Waals surface area contributed by atoms with Crippen molar-refractivity contribution >= 4 is 19.5 Å². The fourth-order valence-electron chi connectivity index (χ4n) is 5.67. The Morgan fingerprint density at radius 3 is 1.44 bits per heavy atom. The van der Waals surface area contributed by atoms with Crippen LogP contribution < -0.4 is 5.73 Å². The van der Waals surface area contributed by atoms with Crippen molar-refractivity contribution in [1.82, 2.24) is 0 Å². The number of carbonyl (C=O) groups is 2. The number of allylic oxidation sites excluding steroid dienone is 2. The minimum atomic E-state index is -3.90. The van der Waals surface area contributed by atoms with Crippen LogP contribution in [-0.2, 0) is 28.2 Å². The SMILES string of the molecule is CCCCCCCC/C=C\CCCCCCCC(=O)O[C@H](COC(=O)CCCCCCCCCCCCCCC)COP(=O)(O)CCN. The lowest BCUT2D eigenvalue weighted by Gasteiger charge is -2.20. The molecule has 0 aliphatic carbocycles. The topological polar surface area (TPSA) is 125 Å². The summed E-state index contributed by atoms with van der Waals surface area (Å²) >= 11 is 0. The highest BCUT2D eigenvalue weighted by Gasteiger charge is 2.24. The van der Waals surface area contributed by atoms with Crippen LogP contribution in [0.3, 0.4) is 0 Å². The van der Waals surface area contributed by atoms with E-state index in [9.17, 15) is 19.0 Å². The first kappa shape index (κ1) is 46.8. The molecule has 0 aromatic heterocycles. The summed E-state index contributed by atoms with van der Waals surface area (Å²) in [5.41, 5.74) is 5.40. The predicted molar refractivity (Wildman–Crippen MR) is 200 cm³/mol. The van der Waals surface area contributed by atoms with Gasteiger partial charge in [0.05, 0.1) is 12.8 Å². The lowest BCUT2D eigenvalue weighted by atomic mass is 10.0. The van der Waals surface area contributed by atoms with E-state index in [1.807, 2.05) is 0 Å². The summed E-state index contributed by atoms with van der Waals surface area (Å²) in [7, 11) is -3.90.